The SMILES string of the molecule is Cc1ccc(CNC(=O)CCNS(=O)(=O)c2ccc3c(c2)CC(C)N3C(=O)C2CC2)cc1. The van der Waals surface area contributed by atoms with Crippen molar-refractivity contribution < 1.29 is 18.0 Å². The van der Waals surface area contributed by atoms with E-state index in [9.17, 15) is 18.0 Å². The predicted octanol–water partition coefficient (Wildman–Crippen LogP) is 2.67. The molecule has 2 aliphatic rings. The van der Waals surface area contributed by atoms with Gasteiger partial charge in [0.25, 0.3) is 0 Å². The van der Waals surface area contributed by atoms with Gasteiger partial charge in [-0.3, -0.25) is 9.59 Å². The molecule has 170 valence electrons. The quantitative estimate of drug-likeness (QED) is 0.640. The van der Waals surface area contributed by atoms with Crippen LogP contribution in [-0.2, 0) is 32.6 Å². The predicted molar refractivity (Wildman–Crippen MR) is 123 cm³/mol. The summed E-state index contributed by atoms with van der Waals surface area (Å²) in [7, 11) is -3.74. The first kappa shape index (κ1) is 22.5. The van der Waals surface area contributed by atoms with Gasteiger partial charge in [-0.25, -0.2) is 13.1 Å². The summed E-state index contributed by atoms with van der Waals surface area (Å²) in [5.74, 6) is 0.0394. The van der Waals surface area contributed by atoms with Crippen molar-refractivity contribution in [2.45, 2.75) is 57.0 Å². The Hall–Kier alpha value is -2.71. The summed E-state index contributed by atoms with van der Waals surface area (Å²) < 4.78 is 27.9. The van der Waals surface area contributed by atoms with Gasteiger partial charge in [0.2, 0.25) is 21.8 Å². The van der Waals surface area contributed by atoms with Crippen LogP contribution in [0, 0.1) is 12.8 Å². The van der Waals surface area contributed by atoms with E-state index in [1.807, 2.05) is 43.0 Å². The monoisotopic (exact) mass is 455 g/mol. The molecule has 0 radical (unpaired) electrons. The number of hydrogen-bond donors (Lipinski definition) is 2. The van der Waals surface area contributed by atoms with Crippen LogP contribution in [0.3, 0.4) is 0 Å². The van der Waals surface area contributed by atoms with Crippen molar-refractivity contribution in [3.8, 4) is 0 Å². The number of carbonyl (C=O) groups is 2. The lowest BCUT2D eigenvalue weighted by atomic mass is 10.1. The van der Waals surface area contributed by atoms with Crippen molar-refractivity contribution in [2.75, 3.05) is 11.4 Å². The van der Waals surface area contributed by atoms with Crippen LogP contribution in [0.1, 0.15) is 42.9 Å². The largest absolute Gasteiger partial charge is 0.352 e. The molecule has 1 aliphatic carbocycles. The second-order valence-corrected chi connectivity index (χ2v) is 10.5. The molecular formula is C24H29N3O4S. The number of aryl methyl sites for hydroxylation is 1. The number of fused-ring (bicyclic) bond motifs is 1. The van der Waals surface area contributed by atoms with Gasteiger partial charge in [-0.05, 0) is 62.4 Å². The summed E-state index contributed by atoms with van der Waals surface area (Å²) in [5, 5.41) is 2.80. The number of sulfonamides is 1. The lowest BCUT2D eigenvalue weighted by Gasteiger charge is -2.22. The summed E-state index contributed by atoms with van der Waals surface area (Å²) in [6.45, 7) is 4.41. The molecule has 0 bridgehead atoms. The molecule has 1 unspecified atom stereocenters. The van der Waals surface area contributed by atoms with Crippen molar-refractivity contribution in [1.82, 2.24) is 10.0 Å². The Bertz CT molecular complexity index is 1120. The number of anilines is 1. The molecule has 8 heteroatoms. The highest BCUT2D eigenvalue weighted by atomic mass is 32.2. The summed E-state index contributed by atoms with van der Waals surface area (Å²) in [6, 6.07) is 12.8. The summed E-state index contributed by atoms with van der Waals surface area (Å²) in [6.07, 6.45) is 2.56. The Labute approximate surface area is 189 Å². The van der Waals surface area contributed by atoms with Gasteiger partial charge in [-0.2, -0.15) is 0 Å². The molecule has 1 atom stereocenters. The standard InChI is InChI=1S/C24H29N3O4S/c1-16-3-5-18(6-4-16)15-25-23(28)11-12-26-32(30,31)21-9-10-22-20(14-21)13-17(2)27(22)24(29)19-7-8-19/h3-6,9-10,14,17,19,26H,7-8,11-13,15H2,1-2H3,(H,25,28). The number of nitrogens with zero attached hydrogens (tertiary/aromatic N) is 1. The fourth-order valence-corrected chi connectivity index (χ4v) is 5.10. The third-order valence-electron chi connectivity index (χ3n) is 6.00. The smallest absolute Gasteiger partial charge is 0.240 e. The van der Waals surface area contributed by atoms with E-state index in [2.05, 4.69) is 10.0 Å². The highest BCUT2D eigenvalue weighted by molar-refractivity contribution is 7.89. The lowest BCUT2D eigenvalue weighted by Crippen LogP contribution is -2.36. The fourth-order valence-electron chi connectivity index (χ4n) is 4.01. The number of carbonyl (C=O) groups excluding carboxylic acids is 2. The van der Waals surface area contributed by atoms with Gasteiger partial charge in [0.05, 0.1) is 4.90 Å². The molecule has 1 fully saturated rings. The van der Waals surface area contributed by atoms with E-state index in [1.54, 1.807) is 12.1 Å². The lowest BCUT2D eigenvalue weighted by molar-refractivity contribution is -0.121. The zero-order valence-corrected chi connectivity index (χ0v) is 19.2. The van der Waals surface area contributed by atoms with Crippen molar-refractivity contribution in [2.24, 2.45) is 5.92 Å². The number of nitrogens with one attached hydrogen (secondary N) is 2. The van der Waals surface area contributed by atoms with E-state index in [1.165, 1.54) is 6.07 Å². The Kier molecular flexibility index (Phi) is 6.35. The maximum atomic E-state index is 12.7. The van der Waals surface area contributed by atoms with Gasteiger partial charge in [0.15, 0.2) is 0 Å². The van der Waals surface area contributed by atoms with E-state index in [4.69, 9.17) is 0 Å². The van der Waals surface area contributed by atoms with Crippen LogP contribution in [0.4, 0.5) is 5.69 Å². The van der Waals surface area contributed by atoms with E-state index >= 15 is 0 Å². The molecule has 2 amide bonds. The molecule has 1 aliphatic heterocycles. The Morgan fingerprint density at radius 3 is 2.50 bits per heavy atom. The highest BCUT2D eigenvalue weighted by Gasteiger charge is 2.39. The van der Waals surface area contributed by atoms with Gasteiger partial charge in [0.1, 0.15) is 0 Å². The third-order valence-corrected chi connectivity index (χ3v) is 7.45. The number of amides is 2. The molecule has 1 heterocycles. The normalized spacial score (nSPS) is 17.8. The first-order valence-electron chi connectivity index (χ1n) is 11.0. The molecule has 2 aromatic carbocycles. The van der Waals surface area contributed by atoms with Gasteiger partial charge in [-0.1, -0.05) is 29.8 Å². The maximum Gasteiger partial charge on any atom is 0.240 e. The van der Waals surface area contributed by atoms with E-state index < -0.39 is 10.0 Å². The summed E-state index contributed by atoms with van der Waals surface area (Å²) in [5.41, 5.74) is 3.82. The van der Waals surface area contributed by atoms with E-state index in [0.29, 0.717) is 13.0 Å². The average Bonchev–Trinajstić information content (AvgIpc) is 3.54. The first-order valence-corrected chi connectivity index (χ1v) is 12.5. The van der Waals surface area contributed by atoms with Crippen molar-refractivity contribution in [3.05, 3.63) is 59.2 Å². The van der Waals surface area contributed by atoms with Gasteiger partial charge < -0.3 is 10.2 Å². The zero-order valence-electron chi connectivity index (χ0n) is 18.4. The van der Waals surface area contributed by atoms with Gasteiger partial charge >= 0.3 is 0 Å². The molecular weight excluding hydrogens is 426 g/mol. The second-order valence-electron chi connectivity index (χ2n) is 8.74. The zero-order chi connectivity index (χ0) is 22.9. The minimum absolute atomic E-state index is 0.0157. The molecule has 4 rings (SSSR count). The van der Waals surface area contributed by atoms with Crippen LogP contribution >= 0.6 is 0 Å². The molecule has 1 saturated carbocycles. The molecule has 0 aromatic heterocycles. The maximum absolute atomic E-state index is 12.7. The number of rotatable bonds is 8. The minimum Gasteiger partial charge on any atom is -0.352 e. The number of benzene rings is 2. The summed E-state index contributed by atoms with van der Waals surface area (Å²) >= 11 is 0. The summed E-state index contributed by atoms with van der Waals surface area (Å²) in [4.78, 5) is 26.6. The van der Waals surface area contributed by atoms with Gasteiger partial charge in [0, 0.05) is 37.2 Å². The van der Waals surface area contributed by atoms with Crippen LogP contribution < -0.4 is 14.9 Å². The Balaban J connectivity index is 1.32. The highest BCUT2D eigenvalue weighted by Crippen LogP contribution is 2.39. The van der Waals surface area contributed by atoms with Crippen LogP contribution in [-0.4, -0.2) is 32.8 Å². The third kappa shape index (κ3) is 5.02. The minimum atomic E-state index is -3.74. The topological polar surface area (TPSA) is 95.6 Å². The van der Waals surface area contributed by atoms with Crippen LogP contribution in [0.5, 0.6) is 0 Å². The molecule has 7 nitrogen and oxygen atoms in total. The average molecular weight is 456 g/mol. The van der Waals surface area contributed by atoms with Crippen molar-refractivity contribution in [1.29, 1.82) is 0 Å². The van der Waals surface area contributed by atoms with E-state index in [-0.39, 0.29) is 41.6 Å². The van der Waals surface area contributed by atoms with Gasteiger partial charge in [-0.15, -0.1) is 0 Å². The molecule has 0 spiro atoms. The number of hydrogen-bond acceptors (Lipinski definition) is 4. The van der Waals surface area contributed by atoms with Crippen LogP contribution in [0.15, 0.2) is 47.4 Å². The first-order chi connectivity index (χ1) is 15.2. The molecule has 2 aromatic rings. The van der Waals surface area contributed by atoms with Crippen LogP contribution in [0.25, 0.3) is 0 Å². The fraction of sp³-hybridized carbons (Fsp3) is 0.417. The Morgan fingerprint density at radius 1 is 1.09 bits per heavy atom. The van der Waals surface area contributed by atoms with Crippen molar-refractivity contribution in [3.63, 3.8) is 0 Å². The van der Waals surface area contributed by atoms with E-state index in [0.717, 1.165) is 35.2 Å². The molecule has 0 saturated heterocycles. The van der Waals surface area contributed by atoms with Crippen molar-refractivity contribution >= 4 is 27.5 Å². The molecule has 32 heavy (non-hydrogen) atoms. The Morgan fingerprint density at radius 2 is 1.81 bits per heavy atom. The molecule has 2 N–H and O–H groups in total. The second kappa shape index (κ2) is 9.03. The van der Waals surface area contributed by atoms with Crippen LogP contribution in [0.2, 0.25) is 0 Å².